The molecule has 102 valence electrons. The smallest absolute Gasteiger partial charge is 0.358 e. The lowest BCUT2D eigenvalue weighted by atomic mass is 10.2. The first kappa shape index (κ1) is 14.7. The van der Waals surface area contributed by atoms with E-state index < -0.39 is 5.97 Å². The second kappa shape index (κ2) is 7.87. The van der Waals surface area contributed by atoms with Crippen molar-refractivity contribution in [3.8, 4) is 12.3 Å². The number of hydrogen-bond acceptors (Lipinski definition) is 4. The molecule has 1 heterocycles. The second-order valence-electron chi connectivity index (χ2n) is 3.93. The van der Waals surface area contributed by atoms with Gasteiger partial charge in [-0.3, -0.25) is 4.79 Å². The lowest BCUT2D eigenvalue weighted by Gasteiger charge is -2.04. The zero-order valence-electron chi connectivity index (χ0n) is 10.5. The number of amides is 1. The van der Waals surface area contributed by atoms with E-state index in [0.29, 0.717) is 25.9 Å². The summed E-state index contributed by atoms with van der Waals surface area (Å²) in [5.41, 5.74) is -0.111. The van der Waals surface area contributed by atoms with Gasteiger partial charge in [0.15, 0.2) is 5.69 Å². The van der Waals surface area contributed by atoms with Crippen LogP contribution in [0.2, 0.25) is 0 Å². The van der Waals surface area contributed by atoms with Crippen LogP contribution in [0.3, 0.4) is 0 Å². The SMILES string of the molecule is C#CCCCCC(=O)NCCn1cc(C(=O)O)nn1. The lowest BCUT2D eigenvalue weighted by Crippen LogP contribution is -2.27. The maximum atomic E-state index is 11.4. The third-order valence-electron chi connectivity index (χ3n) is 2.40. The Morgan fingerprint density at radius 1 is 1.47 bits per heavy atom. The van der Waals surface area contributed by atoms with E-state index in [-0.39, 0.29) is 11.6 Å². The Balaban J connectivity index is 2.17. The zero-order chi connectivity index (χ0) is 14.1. The molecular weight excluding hydrogens is 248 g/mol. The van der Waals surface area contributed by atoms with E-state index in [1.165, 1.54) is 10.9 Å². The largest absolute Gasteiger partial charge is 0.476 e. The highest BCUT2D eigenvalue weighted by Gasteiger charge is 2.08. The molecule has 0 aromatic carbocycles. The molecule has 0 unspecified atom stereocenters. The van der Waals surface area contributed by atoms with Crippen molar-refractivity contribution in [1.29, 1.82) is 0 Å². The Kier molecular flexibility index (Phi) is 6.09. The molecule has 0 bridgehead atoms. The first-order valence-corrected chi connectivity index (χ1v) is 5.97. The number of hydrogen-bond donors (Lipinski definition) is 2. The van der Waals surface area contributed by atoms with Gasteiger partial charge in [-0.1, -0.05) is 5.21 Å². The molecule has 0 spiro atoms. The molecule has 1 aromatic heterocycles. The molecule has 0 aliphatic rings. The minimum Gasteiger partial charge on any atom is -0.476 e. The number of aromatic nitrogens is 3. The van der Waals surface area contributed by atoms with Gasteiger partial charge in [-0.15, -0.1) is 17.4 Å². The van der Waals surface area contributed by atoms with Crippen LogP contribution in [0.1, 0.15) is 36.2 Å². The highest BCUT2D eigenvalue weighted by atomic mass is 16.4. The van der Waals surface area contributed by atoms with E-state index in [2.05, 4.69) is 21.5 Å². The Morgan fingerprint density at radius 2 is 2.26 bits per heavy atom. The van der Waals surface area contributed by atoms with Crippen molar-refractivity contribution in [2.45, 2.75) is 32.2 Å². The number of terminal acetylenes is 1. The quantitative estimate of drug-likeness (QED) is 0.519. The van der Waals surface area contributed by atoms with Gasteiger partial charge in [0.1, 0.15) is 0 Å². The van der Waals surface area contributed by atoms with Crippen LogP contribution in [0.5, 0.6) is 0 Å². The van der Waals surface area contributed by atoms with Gasteiger partial charge < -0.3 is 10.4 Å². The van der Waals surface area contributed by atoms with Crippen LogP contribution in [0.15, 0.2) is 6.20 Å². The summed E-state index contributed by atoms with van der Waals surface area (Å²) in [7, 11) is 0. The van der Waals surface area contributed by atoms with Gasteiger partial charge in [-0.2, -0.15) is 0 Å². The summed E-state index contributed by atoms with van der Waals surface area (Å²) in [6.45, 7) is 0.771. The van der Waals surface area contributed by atoms with E-state index in [4.69, 9.17) is 11.5 Å². The van der Waals surface area contributed by atoms with Crippen LogP contribution in [-0.2, 0) is 11.3 Å². The molecule has 0 saturated carbocycles. The minimum absolute atomic E-state index is 0.0457. The topological polar surface area (TPSA) is 97.1 Å². The summed E-state index contributed by atoms with van der Waals surface area (Å²) >= 11 is 0. The van der Waals surface area contributed by atoms with Gasteiger partial charge in [0.2, 0.25) is 5.91 Å². The maximum Gasteiger partial charge on any atom is 0.358 e. The maximum absolute atomic E-state index is 11.4. The molecule has 0 saturated heterocycles. The summed E-state index contributed by atoms with van der Waals surface area (Å²) in [6, 6.07) is 0. The molecule has 2 N–H and O–H groups in total. The van der Waals surface area contributed by atoms with E-state index in [9.17, 15) is 9.59 Å². The van der Waals surface area contributed by atoms with Crippen molar-refractivity contribution in [3.63, 3.8) is 0 Å². The minimum atomic E-state index is -1.12. The molecule has 0 atom stereocenters. The summed E-state index contributed by atoms with van der Waals surface area (Å²) in [4.78, 5) is 22.0. The van der Waals surface area contributed by atoms with E-state index in [1.54, 1.807) is 0 Å². The number of carbonyl (C=O) groups excluding carboxylic acids is 1. The summed E-state index contributed by atoms with van der Waals surface area (Å²) < 4.78 is 1.38. The molecule has 0 radical (unpaired) electrons. The molecule has 1 amide bonds. The van der Waals surface area contributed by atoms with Gasteiger partial charge in [-0.05, 0) is 12.8 Å². The highest BCUT2D eigenvalue weighted by Crippen LogP contribution is 1.98. The van der Waals surface area contributed by atoms with Crippen LogP contribution in [0, 0.1) is 12.3 Å². The van der Waals surface area contributed by atoms with E-state index in [0.717, 1.165) is 12.8 Å². The first-order chi connectivity index (χ1) is 9.13. The number of nitrogens with zero attached hydrogens (tertiary/aromatic N) is 3. The fourth-order valence-electron chi connectivity index (χ4n) is 1.42. The molecule has 19 heavy (non-hydrogen) atoms. The van der Waals surface area contributed by atoms with E-state index in [1.807, 2.05) is 0 Å². The third-order valence-corrected chi connectivity index (χ3v) is 2.40. The van der Waals surface area contributed by atoms with Gasteiger partial charge in [0.05, 0.1) is 12.7 Å². The third kappa shape index (κ3) is 5.68. The fraction of sp³-hybridized carbons (Fsp3) is 0.500. The predicted molar refractivity (Wildman–Crippen MR) is 67.3 cm³/mol. The van der Waals surface area contributed by atoms with Gasteiger partial charge in [0.25, 0.3) is 0 Å². The molecule has 7 nitrogen and oxygen atoms in total. The van der Waals surface area contributed by atoms with Crippen LogP contribution in [0.25, 0.3) is 0 Å². The molecule has 1 aromatic rings. The zero-order valence-corrected chi connectivity index (χ0v) is 10.5. The Morgan fingerprint density at radius 3 is 2.89 bits per heavy atom. The van der Waals surface area contributed by atoms with Crippen molar-refractivity contribution in [1.82, 2.24) is 20.3 Å². The van der Waals surface area contributed by atoms with Crippen molar-refractivity contribution >= 4 is 11.9 Å². The first-order valence-electron chi connectivity index (χ1n) is 5.97. The number of nitrogens with one attached hydrogen (secondary N) is 1. The van der Waals surface area contributed by atoms with Crippen molar-refractivity contribution < 1.29 is 14.7 Å². The number of carboxylic acids is 1. The predicted octanol–water partition coefficient (Wildman–Crippen LogP) is 0.286. The van der Waals surface area contributed by atoms with Crippen molar-refractivity contribution in [3.05, 3.63) is 11.9 Å². The Bertz CT molecular complexity index is 476. The van der Waals surface area contributed by atoms with Crippen LogP contribution < -0.4 is 5.32 Å². The van der Waals surface area contributed by atoms with Crippen LogP contribution in [-0.4, -0.2) is 38.5 Å². The Labute approximate surface area is 111 Å². The summed E-state index contributed by atoms with van der Waals surface area (Å²) in [6.07, 6.45) is 9.16. The number of rotatable bonds is 8. The lowest BCUT2D eigenvalue weighted by molar-refractivity contribution is -0.121. The number of unbranched alkanes of at least 4 members (excludes halogenated alkanes) is 2. The second-order valence-corrected chi connectivity index (χ2v) is 3.93. The van der Waals surface area contributed by atoms with Gasteiger partial charge in [0, 0.05) is 19.4 Å². The number of carboxylic acid groups (broad SMARTS) is 1. The fourth-order valence-corrected chi connectivity index (χ4v) is 1.42. The molecule has 0 fully saturated rings. The summed E-state index contributed by atoms with van der Waals surface area (Å²) in [5.74, 6) is 1.35. The molecular formula is C12H16N4O3. The Hall–Kier alpha value is -2.36. The van der Waals surface area contributed by atoms with Crippen LogP contribution >= 0.6 is 0 Å². The monoisotopic (exact) mass is 264 g/mol. The van der Waals surface area contributed by atoms with Crippen molar-refractivity contribution in [2.75, 3.05) is 6.54 Å². The molecule has 1 rings (SSSR count). The number of aromatic carboxylic acids is 1. The van der Waals surface area contributed by atoms with E-state index >= 15 is 0 Å². The van der Waals surface area contributed by atoms with Crippen molar-refractivity contribution in [2.24, 2.45) is 0 Å². The average Bonchev–Trinajstić information content (AvgIpc) is 2.84. The molecule has 0 aliphatic carbocycles. The highest BCUT2D eigenvalue weighted by molar-refractivity contribution is 5.84. The number of carbonyl (C=O) groups is 2. The summed E-state index contributed by atoms with van der Waals surface area (Å²) in [5, 5.41) is 18.5. The molecule has 0 aliphatic heterocycles. The average molecular weight is 264 g/mol. The standard InChI is InChI=1S/C12H16N4O3/c1-2-3-4-5-6-11(17)13-7-8-16-9-10(12(18)19)14-15-16/h1,9H,3-8H2,(H,13,17)(H,18,19). The van der Waals surface area contributed by atoms with Gasteiger partial charge >= 0.3 is 5.97 Å². The van der Waals surface area contributed by atoms with Gasteiger partial charge in [-0.25, -0.2) is 9.48 Å². The molecule has 7 heteroatoms. The normalized spacial score (nSPS) is 9.84. The van der Waals surface area contributed by atoms with Crippen LogP contribution in [0.4, 0.5) is 0 Å².